The van der Waals surface area contributed by atoms with Gasteiger partial charge in [0.2, 0.25) is 5.91 Å². The molecule has 25 heavy (non-hydrogen) atoms. The van der Waals surface area contributed by atoms with Gasteiger partial charge in [0.1, 0.15) is 0 Å². The SMILES string of the molecule is CCOC(=O)C1=C(C)NC(SCC(N)=O)=C(C#N)[C@@H]1[C@@H]1CC=CCC1. The second kappa shape index (κ2) is 8.77. The van der Waals surface area contributed by atoms with Crippen molar-refractivity contribution in [2.75, 3.05) is 12.4 Å². The summed E-state index contributed by atoms with van der Waals surface area (Å²) in [5, 5.41) is 13.5. The minimum absolute atomic E-state index is 0.0762. The van der Waals surface area contributed by atoms with Crippen molar-refractivity contribution in [3.05, 3.63) is 34.0 Å². The van der Waals surface area contributed by atoms with Crippen LogP contribution in [0.25, 0.3) is 0 Å². The van der Waals surface area contributed by atoms with Gasteiger partial charge in [-0.25, -0.2) is 4.79 Å². The molecule has 0 aromatic rings. The number of carbonyl (C=O) groups excluding carboxylic acids is 2. The number of amides is 1. The van der Waals surface area contributed by atoms with Gasteiger partial charge >= 0.3 is 5.97 Å². The van der Waals surface area contributed by atoms with E-state index in [1.165, 1.54) is 11.8 Å². The summed E-state index contributed by atoms with van der Waals surface area (Å²) in [4.78, 5) is 23.7. The third kappa shape index (κ3) is 4.45. The number of primary amides is 1. The average molecular weight is 361 g/mol. The second-order valence-electron chi connectivity index (χ2n) is 6.02. The van der Waals surface area contributed by atoms with Gasteiger partial charge in [0, 0.05) is 11.6 Å². The molecule has 1 heterocycles. The molecule has 6 nitrogen and oxygen atoms in total. The van der Waals surface area contributed by atoms with Crippen molar-refractivity contribution < 1.29 is 14.3 Å². The van der Waals surface area contributed by atoms with E-state index in [1.54, 1.807) is 13.8 Å². The van der Waals surface area contributed by atoms with E-state index in [9.17, 15) is 14.9 Å². The summed E-state index contributed by atoms with van der Waals surface area (Å²) in [6.45, 7) is 3.84. The highest BCUT2D eigenvalue weighted by molar-refractivity contribution is 8.03. The van der Waals surface area contributed by atoms with E-state index in [0.29, 0.717) is 21.9 Å². The number of nitrogens with zero attached hydrogens (tertiary/aromatic N) is 1. The highest BCUT2D eigenvalue weighted by Crippen LogP contribution is 2.42. The number of ether oxygens (including phenoxy) is 1. The number of carbonyl (C=O) groups is 2. The van der Waals surface area contributed by atoms with Crippen LogP contribution in [0.5, 0.6) is 0 Å². The first kappa shape index (κ1) is 19.1. The molecule has 0 aromatic heterocycles. The number of esters is 1. The normalized spacial score (nSPS) is 23.1. The van der Waals surface area contributed by atoms with Gasteiger partial charge in [0.15, 0.2) is 0 Å². The largest absolute Gasteiger partial charge is 0.463 e. The quantitative estimate of drug-likeness (QED) is 0.556. The van der Waals surface area contributed by atoms with Gasteiger partial charge in [-0.1, -0.05) is 23.9 Å². The number of nitrogens with two attached hydrogens (primary N) is 1. The van der Waals surface area contributed by atoms with Crippen LogP contribution in [0.3, 0.4) is 0 Å². The van der Waals surface area contributed by atoms with Crippen LogP contribution in [-0.2, 0) is 14.3 Å². The van der Waals surface area contributed by atoms with Crippen LogP contribution in [0, 0.1) is 23.2 Å². The number of nitriles is 1. The molecule has 0 fully saturated rings. The van der Waals surface area contributed by atoms with Gasteiger partial charge in [0.05, 0.1) is 34.6 Å². The van der Waals surface area contributed by atoms with E-state index in [-0.39, 0.29) is 24.2 Å². The van der Waals surface area contributed by atoms with E-state index < -0.39 is 11.9 Å². The maximum atomic E-state index is 12.5. The molecule has 2 aliphatic rings. The average Bonchev–Trinajstić information content (AvgIpc) is 2.60. The Bertz CT molecular complexity index is 688. The molecule has 0 spiro atoms. The van der Waals surface area contributed by atoms with E-state index in [2.05, 4.69) is 23.5 Å². The Labute approximate surface area is 152 Å². The molecule has 1 aliphatic carbocycles. The van der Waals surface area contributed by atoms with Crippen molar-refractivity contribution in [1.82, 2.24) is 5.32 Å². The van der Waals surface area contributed by atoms with Crippen molar-refractivity contribution in [3.8, 4) is 6.07 Å². The number of hydrogen-bond acceptors (Lipinski definition) is 6. The van der Waals surface area contributed by atoms with E-state index in [1.807, 2.05) is 0 Å². The summed E-state index contributed by atoms with van der Waals surface area (Å²) in [6, 6.07) is 2.25. The van der Waals surface area contributed by atoms with Crippen molar-refractivity contribution in [3.63, 3.8) is 0 Å². The lowest BCUT2D eigenvalue weighted by Gasteiger charge is -2.34. The number of hydrogen-bond donors (Lipinski definition) is 2. The molecule has 2 atom stereocenters. The van der Waals surface area contributed by atoms with Crippen molar-refractivity contribution in [2.45, 2.75) is 33.1 Å². The Balaban J connectivity index is 2.44. The summed E-state index contributed by atoms with van der Waals surface area (Å²) in [5.74, 6) is -0.941. The van der Waals surface area contributed by atoms with Gasteiger partial charge in [-0.2, -0.15) is 5.26 Å². The summed E-state index contributed by atoms with van der Waals surface area (Å²) in [7, 11) is 0. The second-order valence-corrected chi connectivity index (χ2v) is 7.00. The molecule has 1 aliphatic heterocycles. The Morgan fingerprint density at radius 2 is 2.24 bits per heavy atom. The van der Waals surface area contributed by atoms with Crippen LogP contribution in [0.2, 0.25) is 0 Å². The smallest absolute Gasteiger partial charge is 0.336 e. The van der Waals surface area contributed by atoms with Crippen LogP contribution in [0.15, 0.2) is 34.0 Å². The van der Waals surface area contributed by atoms with Gasteiger partial charge in [0.25, 0.3) is 0 Å². The van der Waals surface area contributed by atoms with Crippen molar-refractivity contribution in [1.29, 1.82) is 5.26 Å². The summed E-state index contributed by atoms with van der Waals surface area (Å²) >= 11 is 1.20. The highest BCUT2D eigenvalue weighted by atomic mass is 32.2. The van der Waals surface area contributed by atoms with Gasteiger partial charge in [-0.3, -0.25) is 4.79 Å². The van der Waals surface area contributed by atoms with Gasteiger partial charge in [-0.15, -0.1) is 0 Å². The zero-order valence-corrected chi connectivity index (χ0v) is 15.3. The molecule has 0 saturated heterocycles. The van der Waals surface area contributed by atoms with E-state index in [0.717, 1.165) is 19.3 Å². The van der Waals surface area contributed by atoms with Crippen molar-refractivity contribution in [2.24, 2.45) is 17.6 Å². The number of dihydropyridines is 1. The molecule has 3 N–H and O–H groups in total. The minimum Gasteiger partial charge on any atom is -0.463 e. The molecule has 134 valence electrons. The summed E-state index contributed by atoms with van der Waals surface area (Å²) in [5.41, 5.74) is 6.91. The molecule has 0 saturated carbocycles. The standard InChI is InChI=1S/C18H23N3O3S/c1-3-24-18(23)15-11(2)21-17(25-10-14(20)22)13(9-19)16(15)12-7-5-4-6-8-12/h4-5,12,16,21H,3,6-8,10H2,1-2H3,(H2,20,22)/t12-,16+/m1/s1. The van der Waals surface area contributed by atoms with Crippen molar-refractivity contribution >= 4 is 23.6 Å². The fourth-order valence-corrected chi connectivity index (χ4v) is 4.12. The van der Waals surface area contributed by atoms with Crippen LogP contribution < -0.4 is 11.1 Å². The summed E-state index contributed by atoms with van der Waals surface area (Å²) in [6.07, 6.45) is 6.85. The first-order valence-electron chi connectivity index (χ1n) is 8.34. The lowest BCUT2D eigenvalue weighted by Crippen LogP contribution is -2.34. The molecule has 7 heteroatoms. The molecule has 1 amide bonds. The molecule has 0 aromatic carbocycles. The topological polar surface area (TPSA) is 105 Å². The molecular formula is C18H23N3O3S. The zero-order chi connectivity index (χ0) is 18.4. The van der Waals surface area contributed by atoms with Crippen LogP contribution >= 0.6 is 11.8 Å². The molecule has 0 unspecified atom stereocenters. The van der Waals surface area contributed by atoms with Crippen LogP contribution in [0.4, 0.5) is 0 Å². The third-order valence-electron chi connectivity index (χ3n) is 4.33. The minimum atomic E-state index is -0.452. The Hall–Kier alpha value is -2.20. The maximum absolute atomic E-state index is 12.5. The predicted octanol–water partition coefficient (Wildman–Crippen LogP) is 2.35. The van der Waals surface area contributed by atoms with Gasteiger partial charge < -0.3 is 15.8 Å². The Morgan fingerprint density at radius 3 is 2.80 bits per heavy atom. The summed E-state index contributed by atoms with van der Waals surface area (Å²) < 4.78 is 5.23. The molecule has 0 bridgehead atoms. The fourth-order valence-electron chi connectivity index (χ4n) is 3.28. The Morgan fingerprint density at radius 1 is 1.48 bits per heavy atom. The number of nitrogens with one attached hydrogen (secondary N) is 1. The maximum Gasteiger partial charge on any atom is 0.336 e. The number of rotatable bonds is 6. The number of thioether (sulfide) groups is 1. The number of allylic oxidation sites excluding steroid dienone is 4. The zero-order valence-electron chi connectivity index (χ0n) is 14.5. The first-order chi connectivity index (χ1) is 12.0. The lowest BCUT2D eigenvalue weighted by atomic mass is 9.73. The van der Waals surface area contributed by atoms with Gasteiger partial charge in [-0.05, 0) is 39.0 Å². The van der Waals surface area contributed by atoms with Crippen LogP contribution in [0.1, 0.15) is 33.1 Å². The Kier molecular flexibility index (Phi) is 6.71. The highest BCUT2D eigenvalue weighted by Gasteiger charge is 2.39. The monoisotopic (exact) mass is 361 g/mol. The van der Waals surface area contributed by atoms with E-state index >= 15 is 0 Å². The molecular weight excluding hydrogens is 338 g/mol. The molecule has 2 rings (SSSR count). The van der Waals surface area contributed by atoms with E-state index in [4.69, 9.17) is 10.5 Å². The predicted molar refractivity (Wildman–Crippen MR) is 96.7 cm³/mol. The lowest BCUT2D eigenvalue weighted by molar-refractivity contribution is -0.139. The molecule has 0 radical (unpaired) electrons. The third-order valence-corrected chi connectivity index (χ3v) is 5.37. The first-order valence-corrected chi connectivity index (χ1v) is 9.33. The fraction of sp³-hybridized carbons (Fsp3) is 0.500. The van der Waals surface area contributed by atoms with Crippen LogP contribution in [-0.4, -0.2) is 24.2 Å².